The van der Waals surface area contributed by atoms with E-state index < -0.39 is 0 Å². The Morgan fingerprint density at radius 2 is 1.79 bits per heavy atom. The van der Waals surface area contributed by atoms with Gasteiger partial charge in [0.15, 0.2) is 0 Å². The molecule has 1 aliphatic rings. The van der Waals surface area contributed by atoms with E-state index in [0.29, 0.717) is 5.39 Å². The molecule has 0 N–H and O–H groups in total. The van der Waals surface area contributed by atoms with Crippen LogP contribution < -0.4 is 5.56 Å². The summed E-state index contributed by atoms with van der Waals surface area (Å²) in [4.78, 5) is 28.1. The molecule has 0 aliphatic carbocycles. The van der Waals surface area contributed by atoms with Crippen molar-refractivity contribution in [3.8, 4) is 11.3 Å². The topological polar surface area (TPSA) is 55.2 Å². The van der Waals surface area contributed by atoms with Gasteiger partial charge in [0.2, 0.25) is 5.91 Å². The van der Waals surface area contributed by atoms with Crippen LogP contribution in [0, 0.1) is 6.92 Å². The summed E-state index contributed by atoms with van der Waals surface area (Å²) in [7, 11) is 0. The fourth-order valence-electron chi connectivity index (χ4n) is 4.24. The first-order valence-electron chi connectivity index (χ1n) is 10.4. The molecule has 0 spiro atoms. The zero-order valence-electron chi connectivity index (χ0n) is 17.1. The van der Waals surface area contributed by atoms with Crippen LogP contribution in [0.25, 0.3) is 22.0 Å². The molecule has 1 fully saturated rings. The van der Waals surface area contributed by atoms with Crippen LogP contribution in [-0.2, 0) is 11.3 Å². The number of fused-ring (bicyclic) bond motifs is 1. The van der Waals surface area contributed by atoms with Crippen LogP contribution in [0.15, 0.2) is 53.3 Å². The molecule has 1 aliphatic heterocycles. The van der Waals surface area contributed by atoms with Gasteiger partial charge < -0.3 is 4.90 Å². The molecule has 5 nitrogen and oxygen atoms in total. The van der Waals surface area contributed by atoms with Gasteiger partial charge in [-0.3, -0.25) is 9.59 Å². The molecule has 3 aromatic rings. The highest BCUT2D eigenvalue weighted by Crippen LogP contribution is 2.25. The van der Waals surface area contributed by atoms with E-state index >= 15 is 0 Å². The van der Waals surface area contributed by atoms with Crippen LogP contribution in [0.3, 0.4) is 0 Å². The molecule has 1 aromatic heterocycles. The molecule has 1 atom stereocenters. The van der Waals surface area contributed by atoms with E-state index in [4.69, 9.17) is 0 Å². The smallest absolute Gasteiger partial charge is 0.275 e. The van der Waals surface area contributed by atoms with Gasteiger partial charge in [-0.25, -0.2) is 4.68 Å². The van der Waals surface area contributed by atoms with E-state index in [-0.39, 0.29) is 24.1 Å². The molecule has 1 amide bonds. The quantitative estimate of drug-likeness (QED) is 0.673. The number of amides is 1. The maximum atomic E-state index is 13.1. The van der Waals surface area contributed by atoms with E-state index in [0.717, 1.165) is 54.4 Å². The van der Waals surface area contributed by atoms with Gasteiger partial charge in [0, 0.05) is 23.5 Å². The predicted molar refractivity (Wildman–Crippen MR) is 116 cm³/mol. The summed E-state index contributed by atoms with van der Waals surface area (Å²) in [5.74, 6) is -0.0173. The minimum Gasteiger partial charge on any atom is -0.338 e. The van der Waals surface area contributed by atoms with Crippen LogP contribution in [0.1, 0.15) is 38.2 Å². The lowest BCUT2D eigenvalue weighted by Gasteiger charge is -2.35. The van der Waals surface area contributed by atoms with Crippen molar-refractivity contribution in [1.82, 2.24) is 14.7 Å². The molecular formula is C24H27N3O2. The van der Waals surface area contributed by atoms with Crippen LogP contribution in [0.4, 0.5) is 0 Å². The van der Waals surface area contributed by atoms with Gasteiger partial charge in [0.05, 0.1) is 11.1 Å². The zero-order chi connectivity index (χ0) is 20.4. The lowest BCUT2D eigenvalue weighted by atomic mass is 10.00. The first kappa shape index (κ1) is 19.4. The second-order valence-corrected chi connectivity index (χ2v) is 7.87. The van der Waals surface area contributed by atoms with E-state index in [1.807, 2.05) is 60.4 Å². The minimum atomic E-state index is -0.213. The van der Waals surface area contributed by atoms with Crippen LogP contribution in [-0.4, -0.2) is 33.2 Å². The van der Waals surface area contributed by atoms with Gasteiger partial charge in [-0.15, -0.1) is 0 Å². The molecule has 2 aromatic carbocycles. The number of hydrogen-bond donors (Lipinski definition) is 0. The van der Waals surface area contributed by atoms with Crippen molar-refractivity contribution in [2.24, 2.45) is 0 Å². The Morgan fingerprint density at radius 3 is 2.52 bits per heavy atom. The van der Waals surface area contributed by atoms with Crippen LogP contribution >= 0.6 is 0 Å². The fourth-order valence-corrected chi connectivity index (χ4v) is 4.24. The van der Waals surface area contributed by atoms with Crippen molar-refractivity contribution in [2.45, 2.75) is 52.1 Å². The first-order chi connectivity index (χ1) is 14.1. The number of likely N-dealkylation sites (tertiary alicyclic amines) is 1. The zero-order valence-corrected chi connectivity index (χ0v) is 17.1. The summed E-state index contributed by atoms with van der Waals surface area (Å²) in [6.07, 6.45) is 4.17. The number of carbonyl (C=O) groups is 1. The highest BCUT2D eigenvalue weighted by molar-refractivity contribution is 5.93. The van der Waals surface area contributed by atoms with E-state index in [2.05, 4.69) is 12.0 Å². The van der Waals surface area contributed by atoms with E-state index in [1.165, 1.54) is 4.68 Å². The van der Waals surface area contributed by atoms with Gasteiger partial charge in [-0.1, -0.05) is 55.0 Å². The Balaban J connectivity index is 1.76. The summed E-state index contributed by atoms with van der Waals surface area (Å²) in [5.41, 5.74) is 2.63. The number of aromatic nitrogens is 2. The van der Waals surface area contributed by atoms with Gasteiger partial charge >= 0.3 is 0 Å². The summed E-state index contributed by atoms with van der Waals surface area (Å²) < 4.78 is 1.35. The highest BCUT2D eigenvalue weighted by atomic mass is 16.2. The van der Waals surface area contributed by atoms with Crippen molar-refractivity contribution in [3.63, 3.8) is 0 Å². The Bertz CT molecular complexity index is 1090. The number of carbonyl (C=O) groups excluding carboxylic acids is 1. The van der Waals surface area contributed by atoms with Crippen LogP contribution in [0.5, 0.6) is 0 Å². The normalized spacial score (nSPS) is 16.9. The number of rotatable bonds is 4. The molecule has 1 unspecified atom stereocenters. The molecule has 0 bridgehead atoms. The minimum absolute atomic E-state index is 0.0149. The molecule has 29 heavy (non-hydrogen) atoms. The van der Waals surface area contributed by atoms with Gasteiger partial charge in [-0.2, -0.15) is 5.10 Å². The number of hydrogen-bond acceptors (Lipinski definition) is 3. The second kappa shape index (κ2) is 8.19. The molecule has 0 saturated carbocycles. The van der Waals surface area contributed by atoms with Gasteiger partial charge in [0.25, 0.3) is 5.56 Å². The third-order valence-corrected chi connectivity index (χ3v) is 5.90. The molecule has 150 valence electrons. The molecule has 2 heterocycles. The van der Waals surface area contributed by atoms with Gasteiger partial charge in [0.1, 0.15) is 6.54 Å². The predicted octanol–water partition coefficient (Wildman–Crippen LogP) is 4.16. The Morgan fingerprint density at radius 1 is 1.07 bits per heavy atom. The van der Waals surface area contributed by atoms with Gasteiger partial charge in [-0.05, 0) is 38.7 Å². The summed E-state index contributed by atoms with van der Waals surface area (Å²) >= 11 is 0. The van der Waals surface area contributed by atoms with Crippen molar-refractivity contribution < 1.29 is 4.79 Å². The third kappa shape index (κ3) is 3.82. The standard InChI is InChI=1S/C24H27N3O2/c1-3-19-8-6-7-15-26(19)22(28)16-27-24(29)21-10-5-4-9-20(21)23(25-27)18-13-11-17(2)12-14-18/h4-5,9-14,19H,3,6-8,15-16H2,1-2H3. The van der Waals surface area contributed by atoms with Crippen molar-refractivity contribution in [1.29, 1.82) is 0 Å². The summed E-state index contributed by atoms with van der Waals surface area (Å²) in [6, 6.07) is 15.9. The first-order valence-corrected chi connectivity index (χ1v) is 10.4. The Labute approximate surface area is 171 Å². The number of aryl methyl sites for hydroxylation is 1. The average Bonchev–Trinajstić information content (AvgIpc) is 2.76. The largest absolute Gasteiger partial charge is 0.338 e. The maximum Gasteiger partial charge on any atom is 0.275 e. The van der Waals surface area contributed by atoms with E-state index in [1.54, 1.807) is 0 Å². The SMILES string of the molecule is CCC1CCCCN1C(=O)Cn1nc(-c2ccc(C)cc2)c2ccccc2c1=O. The maximum absolute atomic E-state index is 13.1. The lowest BCUT2D eigenvalue weighted by molar-refractivity contribution is -0.135. The molecule has 4 rings (SSSR count). The number of benzene rings is 2. The van der Waals surface area contributed by atoms with Crippen molar-refractivity contribution in [2.75, 3.05) is 6.54 Å². The third-order valence-electron chi connectivity index (χ3n) is 5.90. The average molecular weight is 389 g/mol. The fraction of sp³-hybridized carbons (Fsp3) is 0.375. The lowest BCUT2D eigenvalue weighted by Crippen LogP contribution is -2.46. The molecule has 1 saturated heterocycles. The molecule has 5 heteroatoms. The Hall–Kier alpha value is -2.95. The summed E-state index contributed by atoms with van der Waals surface area (Å²) in [6.45, 7) is 4.91. The number of piperidine rings is 1. The molecular weight excluding hydrogens is 362 g/mol. The summed E-state index contributed by atoms with van der Waals surface area (Å²) in [5, 5.41) is 6.05. The van der Waals surface area contributed by atoms with Crippen LogP contribution in [0.2, 0.25) is 0 Å². The van der Waals surface area contributed by atoms with E-state index in [9.17, 15) is 9.59 Å². The molecule has 0 radical (unpaired) electrons. The Kier molecular flexibility index (Phi) is 5.47. The van der Waals surface area contributed by atoms with Crippen molar-refractivity contribution >= 4 is 16.7 Å². The monoisotopic (exact) mass is 389 g/mol. The second-order valence-electron chi connectivity index (χ2n) is 7.87. The highest BCUT2D eigenvalue weighted by Gasteiger charge is 2.26. The number of nitrogens with zero attached hydrogens (tertiary/aromatic N) is 3. The van der Waals surface area contributed by atoms with Crippen molar-refractivity contribution in [3.05, 3.63) is 64.4 Å².